The number of hydrogen-bond acceptors (Lipinski definition) is 4. The Morgan fingerprint density at radius 3 is 2.24 bits per heavy atom. The van der Waals surface area contributed by atoms with Gasteiger partial charge in [0.25, 0.3) is 0 Å². The first kappa shape index (κ1) is 15.4. The molecule has 0 rings (SSSR count). The van der Waals surface area contributed by atoms with E-state index < -0.39 is 18.0 Å². The predicted molar refractivity (Wildman–Crippen MR) is 59.6 cm³/mol. The summed E-state index contributed by atoms with van der Waals surface area (Å²) >= 11 is 0. The number of aliphatic carboxylic acids is 2. The number of rotatable bonds is 8. The lowest BCUT2D eigenvalue weighted by atomic mass is 10.2. The van der Waals surface area contributed by atoms with Crippen LogP contribution in [-0.4, -0.2) is 59.1 Å². The average Bonchev–Trinajstić information content (AvgIpc) is 2.25. The fourth-order valence-electron chi connectivity index (χ4n) is 1.44. The first-order chi connectivity index (χ1) is 7.92. The lowest BCUT2D eigenvalue weighted by Crippen LogP contribution is -2.46. The molecular formula is C10H18N2O5. The lowest BCUT2D eigenvalue weighted by molar-refractivity contribution is -0.146. The Labute approximate surface area is 99.4 Å². The molecule has 17 heavy (non-hydrogen) atoms. The van der Waals surface area contributed by atoms with E-state index in [9.17, 15) is 14.4 Å². The number of carbonyl (C=O) groups excluding carboxylic acids is 1. The van der Waals surface area contributed by atoms with Crippen LogP contribution in [0.2, 0.25) is 0 Å². The van der Waals surface area contributed by atoms with Crippen molar-refractivity contribution >= 4 is 17.8 Å². The molecule has 0 spiro atoms. The third kappa shape index (κ3) is 5.86. The standard InChI is InChI=1S/C10H18N2O5/c1-3-7(10(16)17)12(5-4-9(14)15)6-8(13)11-2/h7H,3-6H2,1-2H3,(H,11,13)(H,14,15)(H,16,17). The van der Waals surface area contributed by atoms with Crippen molar-refractivity contribution in [1.82, 2.24) is 10.2 Å². The van der Waals surface area contributed by atoms with Gasteiger partial charge in [0.15, 0.2) is 0 Å². The minimum Gasteiger partial charge on any atom is -0.481 e. The van der Waals surface area contributed by atoms with Crippen molar-refractivity contribution in [3.8, 4) is 0 Å². The molecule has 0 aromatic heterocycles. The third-order valence-corrected chi connectivity index (χ3v) is 2.35. The maximum Gasteiger partial charge on any atom is 0.320 e. The minimum absolute atomic E-state index is 0.0353. The summed E-state index contributed by atoms with van der Waals surface area (Å²) in [6, 6.07) is -0.841. The van der Waals surface area contributed by atoms with Crippen molar-refractivity contribution in [3.05, 3.63) is 0 Å². The number of hydrogen-bond donors (Lipinski definition) is 3. The fourth-order valence-corrected chi connectivity index (χ4v) is 1.44. The molecule has 7 nitrogen and oxygen atoms in total. The van der Waals surface area contributed by atoms with Gasteiger partial charge >= 0.3 is 11.9 Å². The van der Waals surface area contributed by atoms with Crippen LogP contribution in [0.5, 0.6) is 0 Å². The van der Waals surface area contributed by atoms with E-state index in [0.29, 0.717) is 6.42 Å². The predicted octanol–water partition coefficient (Wildman–Crippen LogP) is -0.628. The molecule has 0 aromatic carbocycles. The highest BCUT2D eigenvalue weighted by Crippen LogP contribution is 2.05. The highest BCUT2D eigenvalue weighted by molar-refractivity contribution is 5.79. The second-order valence-electron chi connectivity index (χ2n) is 3.55. The first-order valence-electron chi connectivity index (χ1n) is 5.31. The molecule has 0 saturated heterocycles. The van der Waals surface area contributed by atoms with Crippen LogP contribution in [0, 0.1) is 0 Å². The molecule has 0 aromatic rings. The first-order valence-corrected chi connectivity index (χ1v) is 5.31. The van der Waals surface area contributed by atoms with Gasteiger partial charge in [0.05, 0.1) is 13.0 Å². The van der Waals surface area contributed by atoms with E-state index in [1.807, 2.05) is 0 Å². The normalized spacial score (nSPS) is 12.2. The van der Waals surface area contributed by atoms with Gasteiger partial charge in [0, 0.05) is 13.6 Å². The Balaban J connectivity index is 4.62. The minimum atomic E-state index is -1.05. The molecule has 7 heteroatoms. The van der Waals surface area contributed by atoms with Gasteiger partial charge in [0.1, 0.15) is 6.04 Å². The molecule has 0 aliphatic carbocycles. The summed E-state index contributed by atoms with van der Waals surface area (Å²) in [5, 5.41) is 19.9. The molecule has 98 valence electrons. The Bertz CT molecular complexity index is 292. The van der Waals surface area contributed by atoms with Gasteiger partial charge in [-0.2, -0.15) is 0 Å². The highest BCUT2D eigenvalue weighted by atomic mass is 16.4. The van der Waals surface area contributed by atoms with E-state index in [1.54, 1.807) is 6.92 Å². The quantitative estimate of drug-likeness (QED) is 0.526. The van der Waals surface area contributed by atoms with Gasteiger partial charge in [-0.25, -0.2) is 0 Å². The summed E-state index contributed by atoms with van der Waals surface area (Å²) in [5.41, 5.74) is 0. The number of amides is 1. The summed E-state index contributed by atoms with van der Waals surface area (Å²) in [5.74, 6) is -2.41. The number of nitrogens with one attached hydrogen (secondary N) is 1. The number of carboxylic acid groups (broad SMARTS) is 2. The molecule has 0 radical (unpaired) electrons. The second-order valence-corrected chi connectivity index (χ2v) is 3.55. The molecule has 1 amide bonds. The Morgan fingerprint density at radius 2 is 1.88 bits per heavy atom. The molecule has 0 aliphatic rings. The molecule has 0 aliphatic heterocycles. The van der Waals surface area contributed by atoms with E-state index in [1.165, 1.54) is 11.9 Å². The van der Waals surface area contributed by atoms with E-state index in [2.05, 4.69) is 5.32 Å². The van der Waals surface area contributed by atoms with E-state index in [0.717, 1.165) is 0 Å². The summed E-state index contributed by atoms with van der Waals surface area (Å²) in [4.78, 5) is 34.0. The number of carbonyl (C=O) groups is 3. The topological polar surface area (TPSA) is 107 Å². The van der Waals surface area contributed by atoms with E-state index in [-0.39, 0.29) is 25.4 Å². The second kappa shape index (κ2) is 7.61. The van der Waals surface area contributed by atoms with Gasteiger partial charge in [-0.3, -0.25) is 19.3 Å². The molecule has 3 N–H and O–H groups in total. The van der Waals surface area contributed by atoms with Crippen LogP contribution in [-0.2, 0) is 14.4 Å². The molecule has 0 heterocycles. The summed E-state index contributed by atoms with van der Waals surface area (Å²) < 4.78 is 0. The maximum absolute atomic E-state index is 11.2. The number of likely N-dealkylation sites (N-methyl/N-ethyl adjacent to an activating group) is 1. The summed E-state index contributed by atoms with van der Waals surface area (Å²) in [7, 11) is 1.44. The molecule has 0 bridgehead atoms. The zero-order valence-corrected chi connectivity index (χ0v) is 9.97. The Morgan fingerprint density at radius 1 is 1.29 bits per heavy atom. The van der Waals surface area contributed by atoms with E-state index >= 15 is 0 Å². The molecule has 1 atom stereocenters. The number of carboxylic acids is 2. The zero-order valence-electron chi connectivity index (χ0n) is 9.97. The van der Waals surface area contributed by atoms with Gasteiger partial charge in [-0.05, 0) is 6.42 Å². The number of nitrogens with zero attached hydrogens (tertiary/aromatic N) is 1. The molecular weight excluding hydrogens is 228 g/mol. The van der Waals surface area contributed by atoms with Crippen molar-refractivity contribution in [2.75, 3.05) is 20.1 Å². The van der Waals surface area contributed by atoms with Crippen LogP contribution in [0.4, 0.5) is 0 Å². The van der Waals surface area contributed by atoms with Crippen molar-refractivity contribution in [2.24, 2.45) is 0 Å². The van der Waals surface area contributed by atoms with Crippen molar-refractivity contribution in [3.63, 3.8) is 0 Å². The molecule has 0 saturated carbocycles. The molecule has 1 unspecified atom stereocenters. The zero-order chi connectivity index (χ0) is 13.4. The lowest BCUT2D eigenvalue weighted by Gasteiger charge is -2.26. The van der Waals surface area contributed by atoms with Crippen LogP contribution in [0.1, 0.15) is 19.8 Å². The van der Waals surface area contributed by atoms with Gasteiger partial charge < -0.3 is 15.5 Å². The smallest absolute Gasteiger partial charge is 0.320 e. The average molecular weight is 246 g/mol. The summed E-state index contributed by atoms with van der Waals surface area (Å²) in [6.07, 6.45) is 0.118. The van der Waals surface area contributed by atoms with Crippen molar-refractivity contribution in [1.29, 1.82) is 0 Å². The van der Waals surface area contributed by atoms with Crippen molar-refractivity contribution < 1.29 is 24.6 Å². The van der Waals surface area contributed by atoms with E-state index in [4.69, 9.17) is 10.2 Å². The Kier molecular flexibility index (Phi) is 6.88. The van der Waals surface area contributed by atoms with Crippen LogP contribution in [0.25, 0.3) is 0 Å². The van der Waals surface area contributed by atoms with Gasteiger partial charge in [0.2, 0.25) is 5.91 Å². The monoisotopic (exact) mass is 246 g/mol. The maximum atomic E-state index is 11.2. The third-order valence-electron chi connectivity index (χ3n) is 2.35. The Hall–Kier alpha value is -1.63. The highest BCUT2D eigenvalue weighted by Gasteiger charge is 2.25. The molecule has 0 fully saturated rings. The van der Waals surface area contributed by atoms with Crippen LogP contribution < -0.4 is 5.32 Å². The fraction of sp³-hybridized carbons (Fsp3) is 0.700. The van der Waals surface area contributed by atoms with Gasteiger partial charge in [-0.1, -0.05) is 6.92 Å². The van der Waals surface area contributed by atoms with Crippen molar-refractivity contribution in [2.45, 2.75) is 25.8 Å². The van der Waals surface area contributed by atoms with Gasteiger partial charge in [-0.15, -0.1) is 0 Å². The largest absolute Gasteiger partial charge is 0.481 e. The van der Waals surface area contributed by atoms with Crippen LogP contribution >= 0.6 is 0 Å². The van der Waals surface area contributed by atoms with Crippen LogP contribution in [0.15, 0.2) is 0 Å². The SMILES string of the molecule is CCC(C(=O)O)N(CCC(=O)O)CC(=O)NC. The van der Waals surface area contributed by atoms with Crippen LogP contribution in [0.3, 0.4) is 0 Å². The summed E-state index contributed by atoms with van der Waals surface area (Å²) in [6.45, 7) is 1.60.